The Kier molecular flexibility index (Phi) is 3.88. The number of benzene rings is 1. The highest BCUT2D eigenvalue weighted by atomic mass is 32.1. The third-order valence-corrected chi connectivity index (χ3v) is 3.08. The summed E-state index contributed by atoms with van der Waals surface area (Å²) in [5.41, 5.74) is -0.443. The number of para-hydroxylation sites is 1. The Morgan fingerprint density at radius 3 is 2.50 bits per heavy atom. The molecule has 1 aromatic carbocycles. The maximum atomic E-state index is 13.2. The van der Waals surface area contributed by atoms with E-state index in [1.165, 1.54) is 17.4 Å². The Bertz CT molecular complexity index is 523. The van der Waals surface area contributed by atoms with Gasteiger partial charge in [0.25, 0.3) is 0 Å². The number of urea groups is 1. The number of hydrogen-bond donors (Lipinski definition) is 2. The monoisotopic (exact) mass is 268 g/mol. The molecule has 0 radical (unpaired) electrons. The first kappa shape index (κ1) is 12.5. The second-order valence-electron chi connectivity index (χ2n) is 3.48. The lowest BCUT2D eigenvalue weighted by atomic mass is 10.3. The van der Waals surface area contributed by atoms with Crippen LogP contribution in [-0.4, -0.2) is 6.03 Å². The summed E-state index contributed by atoms with van der Waals surface area (Å²) in [6.45, 7) is 0.319. The highest BCUT2D eigenvalue weighted by Crippen LogP contribution is 2.17. The predicted octanol–water partition coefficient (Wildman–Crippen LogP) is 3.35. The zero-order valence-electron chi connectivity index (χ0n) is 9.24. The lowest BCUT2D eigenvalue weighted by Gasteiger charge is -2.08. The number of thiophene rings is 1. The molecule has 0 saturated heterocycles. The Hall–Kier alpha value is -1.95. The summed E-state index contributed by atoms with van der Waals surface area (Å²) in [4.78, 5) is 12.4. The number of carbonyl (C=O) groups is 1. The van der Waals surface area contributed by atoms with E-state index in [-0.39, 0.29) is 0 Å². The van der Waals surface area contributed by atoms with E-state index in [0.717, 1.165) is 17.0 Å². The van der Waals surface area contributed by atoms with Crippen LogP contribution in [0, 0.1) is 11.6 Å². The molecule has 2 aromatic rings. The van der Waals surface area contributed by atoms with Crippen molar-refractivity contribution in [2.75, 3.05) is 5.32 Å². The molecule has 18 heavy (non-hydrogen) atoms. The fraction of sp³-hybridized carbons (Fsp3) is 0.0833. The highest BCUT2D eigenvalue weighted by molar-refractivity contribution is 7.09. The summed E-state index contributed by atoms with van der Waals surface area (Å²) in [5, 5.41) is 6.54. The fourth-order valence-electron chi connectivity index (χ4n) is 1.36. The van der Waals surface area contributed by atoms with Crippen LogP contribution < -0.4 is 10.6 Å². The summed E-state index contributed by atoms with van der Waals surface area (Å²) in [7, 11) is 0. The smallest absolute Gasteiger partial charge is 0.319 e. The van der Waals surface area contributed by atoms with Crippen LogP contribution in [0.3, 0.4) is 0 Å². The number of hydrogen-bond acceptors (Lipinski definition) is 2. The molecule has 6 heteroatoms. The van der Waals surface area contributed by atoms with Gasteiger partial charge in [-0.25, -0.2) is 13.6 Å². The number of rotatable bonds is 3. The highest BCUT2D eigenvalue weighted by Gasteiger charge is 2.11. The largest absolute Gasteiger partial charge is 0.333 e. The zero-order valence-corrected chi connectivity index (χ0v) is 10.1. The van der Waals surface area contributed by atoms with Crippen molar-refractivity contribution in [3.05, 3.63) is 52.2 Å². The van der Waals surface area contributed by atoms with Crippen molar-refractivity contribution in [3.63, 3.8) is 0 Å². The molecule has 0 aliphatic carbocycles. The van der Waals surface area contributed by atoms with Gasteiger partial charge in [0.05, 0.1) is 6.54 Å². The van der Waals surface area contributed by atoms with Gasteiger partial charge in [-0.05, 0) is 23.6 Å². The molecule has 1 aromatic heterocycles. The molecule has 0 aliphatic rings. The number of amides is 2. The van der Waals surface area contributed by atoms with E-state index in [2.05, 4.69) is 10.6 Å². The summed E-state index contributed by atoms with van der Waals surface area (Å²) >= 11 is 1.49. The first-order chi connectivity index (χ1) is 8.66. The van der Waals surface area contributed by atoms with Crippen LogP contribution in [0.1, 0.15) is 4.88 Å². The molecule has 94 valence electrons. The summed E-state index contributed by atoms with van der Waals surface area (Å²) in [6, 6.07) is 6.47. The van der Waals surface area contributed by atoms with Crippen molar-refractivity contribution >= 4 is 23.1 Å². The second-order valence-corrected chi connectivity index (χ2v) is 4.52. The minimum Gasteiger partial charge on any atom is -0.333 e. The standard InChI is InChI=1S/C12H10F2N2OS/c13-9-4-1-5-10(14)11(9)16-12(17)15-7-8-3-2-6-18-8/h1-6H,7H2,(H2,15,16,17). The average Bonchev–Trinajstić information content (AvgIpc) is 2.84. The number of carbonyl (C=O) groups excluding carboxylic acids is 1. The molecule has 0 aliphatic heterocycles. The van der Waals surface area contributed by atoms with Gasteiger partial charge in [-0.15, -0.1) is 11.3 Å². The van der Waals surface area contributed by atoms with Gasteiger partial charge < -0.3 is 10.6 Å². The Balaban J connectivity index is 1.95. The van der Waals surface area contributed by atoms with Gasteiger partial charge in [-0.3, -0.25) is 0 Å². The van der Waals surface area contributed by atoms with Gasteiger partial charge in [0.1, 0.15) is 17.3 Å². The zero-order chi connectivity index (χ0) is 13.0. The van der Waals surface area contributed by atoms with Crippen LogP contribution in [0.5, 0.6) is 0 Å². The number of halogens is 2. The van der Waals surface area contributed by atoms with E-state index in [1.807, 2.05) is 17.5 Å². The topological polar surface area (TPSA) is 41.1 Å². The van der Waals surface area contributed by atoms with Gasteiger partial charge in [-0.2, -0.15) is 0 Å². The lowest BCUT2D eigenvalue weighted by molar-refractivity contribution is 0.251. The van der Waals surface area contributed by atoms with Crippen LogP contribution in [0.15, 0.2) is 35.7 Å². The van der Waals surface area contributed by atoms with E-state index in [9.17, 15) is 13.6 Å². The van der Waals surface area contributed by atoms with Crippen molar-refractivity contribution in [2.24, 2.45) is 0 Å². The van der Waals surface area contributed by atoms with Crippen molar-refractivity contribution in [2.45, 2.75) is 6.54 Å². The normalized spacial score (nSPS) is 10.1. The molecular weight excluding hydrogens is 258 g/mol. The molecule has 1 heterocycles. The maximum Gasteiger partial charge on any atom is 0.319 e. The van der Waals surface area contributed by atoms with E-state index >= 15 is 0 Å². The van der Waals surface area contributed by atoms with Crippen LogP contribution in [-0.2, 0) is 6.54 Å². The van der Waals surface area contributed by atoms with Crippen molar-refractivity contribution in [1.82, 2.24) is 5.32 Å². The Labute approximate surface area is 106 Å². The molecule has 0 fully saturated rings. The molecule has 2 amide bonds. The Morgan fingerprint density at radius 2 is 1.89 bits per heavy atom. The molecular formula is C12H10F2N2OS. The van der Waals surface area contributed by atoms with Gasteiger partial charge in [0, 0.05) is 4.88 Å². The van der Waals surface area contributed by atoms with E-state index in [0.29, 0.717) is 6.54 Å². The van der Waals surface area contributed by atoms with Crippen molar-refractivity contribution < 1.29 is 13.6 Å². The summed E-state index contributed by atoms with van der Waals surface area (Å²) < 4.78 is 26.5. The number of nitrogens with one attached hydrogen (secondary N) is 2. The van der Waals surface area contributed by atoms with Crippen LogP contribution in [0.2, 0.25) is 0 Å². The van der Waals surface area contributed by atoms with Crippen LogP contribution in [0.4, 0.5) is 19.3 Å². The van der Waals surface area contributed by atoms with E-state index in [4.69, 9.17) is 0 Å². The number of anilines is 1. The van der Waals surface area contributed by atoms with Crippen molar-refractivity contribution in [1.29, 1.82) is 0 Å². The average molecular weight is 268 g/mol. The minimum absolute atomic E-state index is 0.319. The molecule has 0 atom stereocenters. The minimum atomic E-state index is -0.804. The van der Waals surface area contributed by atoms with Crippen molar-refractivity contribution in [3.8, 4) is 0 Å². The van der Waals surface area contributed by atoms with E-state index in [1.54, 1.807) is 0 Å². The molecule has 0 saturated carbocycles. The van der Waals surface area contributed by atoms with Gasteiger partial charge in [0.2, 0.25) is 0 Å². The quantitative estimate of drug-likeness (QED) is 0.880. The molecule has 0 unspecified atom stereocenters. The third-order valence-electron chi connectivity index (χ3n) is 2.20. The van der Waals surface area contributed by atoms with Gasteiger partial charge in [-0.1, -0.05) is 12.1 Å². The molecule has 0 bridgehead atoms. The maximum absolute atomic E-state index is 13.2. The molecule has 2 N–H and O–H groups in total. The predicted molar refractivity (Wildman–Crippen MR) is 66.5 cm³/mol. The second kappa shape index (κ2) is 5.59. The SMILES string of the molecule is O=C(NCc1cccs1)Nc1c(F)cccc1F. The van der Waals surface area contributed by atoms with Crippen LogP contribution in [0.25, 0.3) is 0 Å². The third kappa shape index (κ3) is 3.04. The first-order valence-electron chi connectivity index (χ1n) is 5.18. The van der Waals surface area contributed by atoms with Gasteiger partial charge in [0.15, 0.2) is 0 Å². The summed E-state index contributed by atoms with van der Waals surface area (Å²) in [5.74, 6) is -1.61. The van der Waals surface area contributed by atoms with Crippen LogP contribution >= 0.6 is 11.3 Å². The molecule has 2 rings (SSSR count). The molecule has 0 spiro atoms. The van der Waals surface area contributed by atoms with E-state index < -0.39 is 23.4 Å². The fourth-order valence-corrected chi connectivity index (χ4v) is 2.00. The lowest BCUT2D eigenvalue weighted by Crippen LogP contribution is -2.28. The summed E-state index contributed by atoms with van der Waals surface area (Å²) in [6.07, 6.45) is 0. The Morgan fingerprint density at radius 1 is 1.17 bits per heavy atom. The first-order valence-corrected chi connectivity index (χ1v) is 6.06. The van der Waals surface area contributed by atoms with Gasteiger partial charge >= 0.3 is 6.03 Å². The molecule has 3 nitrogen and oxygen atoms in total.